The van der Waals surface area contributed by atoms with Gasteiger partial charge in [0.15, 0.2) is 0 Å². The zero-order valence-electron chi connectivity index (χ0n) is 12.1. The smallest absolute Gasteiger partial charge is 0.0342 e. The molecule has 0 heterocycles. The first kappa shape index (κ1) is 13.4. The Labute approximate surface area is 107 Å². The summed E-state index contributed by atoms with van der Waals surface area (Å²) in [5.41, 5.74) is 6.97. The summed E-state index contributed by atoms with van der Waals surface area (Å²) >= 11 is 0. The van der Waals surface area contributed by atoms with Crippen LogP contribution in [0.15, 0.2) is 0 Å². The highest BCUT2D eigenvalue weighted by Crippen LogP contribution is 2.48. The second kappa shape index (κ2) is 4.55. The lowest BCUT2D eigenvalue weighted by molar-refractivity contribution is -0.0140. The molecular formula is C15H30N2. The molecular weight excluding hydrogens is 208 g/mol. The summed E-state index contributed by atoms with van der Waals surface area (Å²) in [6.45, 7) is 11.6. The molecule has 0 bridgehead atoms. The first-order valence-electron chi connectivity index (χ1n) is 7.39. The van der Waals surface area contributed by atoms with E-state index in [1.807, 2.05) is 0 Å². The zero-order valence-corrected chi connectivity index (χ0v) is 12.1. The van der Waals surface area contributed by atoms with E-state index in [-0.39, 0.29) is 5.54 Å². The summed E-state index contributed by atoms with van der Waals surface area (Å²) in [4.78, 5) is 2.74. The van der Waals surface area contributed by atoms with E-state index in [2.05, 4.69) is 32.6 Å². The molecule has 2 unspecified atom stereocenters. The van der Waals surface area contributed by atoms with Crippen LogP contribution in [0.2, 0.25) is 0 Å². The van der Waals surface area contributed by atoms with Crippen molar-refractivity contribution in [2.24, 2.45) is 17.1 Å². The van der Waals surface area contributed by atoms with Crippen LogP contribution >= 0.6 is 0 Å². The van der Waals surface area contributed by atoms with Gasteiger partial charge in [-0.25, -0.2) is 0 Å². The molecule has 2 rings (SSSR count). The molecule has 17 heavy (non-hydrogen) atoms. The van der Waals surface area contributed by atoms with Crippen LogP contribution in [0.25, 0.3) is 0 Å². The molecule has 0 radical (unpaired) electrons. The molecule has 0 spiro atoms. The summed E-state index contributed by atoms with van der Waals surface area (Å²) < 4.78 is 0. The molecule has 2 saturated carbocycles. The summed E-state index contributed by atoms with van der Waals surface area (Å²) in [5.74, 6) is 0.815. The first-order chi connectivity index (χ1) is 7.92. The van der Waals surface area contributed by atoms with Gasteiger partial charge in [-0.1, -0.05) is 27.7 Å². The van der Waals surface area contributed by atoms with E-state index in [0.29, 0.717) is 5.41 Å². The lowest BCUT2D eigenvalue weighted by atomic mass is 9.63. The van der Waals surface area contributed by atoms with Crippen molar-refractivity contribution < 1.29 is 0 Å². The monoisotopic (exact) mass is 238 g/mol. The Hall–Kier alpha value is -0.0800. The van der Waals surface area contributed by atoms with E-state index < -0.39 is 0 Å². The predicted octanol–water partition coefficient (Wildman–Crippen LogP) is 3.01. The van der Waals surface area contributed by atoms with Gasteiger partial charge < -0.3 is 5.73 Å². The maximum absolute atomic E-state index is 6.22. The number of rotatable bonds is 4. The minimum absolute atomic E-state index is 0.289. The third-order valence-corrected chi connectivity index (χ3v) is 4.75. The van der Waals surface area contributed by atoms with Gasteiger partial charge in [-0.2, -0.15) is 0 Å². The van der Waals surface area contributed by atoms with Crippen LogP contribution in [0.4, 0.5) is 0 Å². The Morgan fingerprint density at radius 3 is 2.29 bits per heavy atom. The third kappa shape index (κ3) is 2.68. The van der Waals surface area contributed by atoms with Gasteiger partial charge in [0.05, 0.1) is 0 Å². The van der Waals surface area contributed by atoms with E-state index in [1.54, 1.807) is 0 Å². The lowest BCUT2D eigenvalue weighted by Gasteiger charge is -2.53. The Bertz CT molecular complexity index is 270. The summed E-state index contributed by atoms with van der Waals surface area (Å²) in [7, 11) is 0. The van der Waals surface area contributed by atoms with Gasteiger partial charge in [0.25, 0.3) is 0 Å². The van der Waals surface area contributed by atoms with Gasteiger partial charge in [-0.05, 0) is 50.0 Å². The van der Waals surface area contributed by atoms with Crippen molar-refractivity contribution >= 4 is 0 Å². The molecule has 2 heteroatoms. The fourth-order valence-electron chi connectivity index (χ4n) is 4.56. The van der Waals surface area contributed by atoms with Gasteiger partial charge in [0.1, 0.15) is 0 Å². The molecule has 0 aliphatic heterocycles. The highest BCUT2D eigenvalue weighted by Gasteiger charge is 2.48. The van der Waals surface area contributed by atoms with Crippen molar-refractivity contribution in [3.05, 3.63) is 0 Å². The van der Waals surface area contributed by atoms with Crippen LogP contribution in [0.3, 0.4) is 0 Å². The number of nitrogens with two attached hydrogens (primary N) is 1. The molecule has 2 nitrogen and oxygen atoms in total. The average Bonchev–Trinajstić information content (AvgIpc) is 2.99. The van der Waals surface area contributed by atoms with Gasteiger partial charge in [0.2, 0.25) is 0 Å². The Kier molecular flexibility index (Phi) is 3.57. The Morgan fingerprint density at radius 1 is 1.24 bits per heavy atom. The maximum atomic E-state index is 6.22. The minimum Gasteiger partial charge on any atom is -0.329 e. The number of likely N-dealkylation sites (N-methyl/N-ethyl adjacent to an activating group) is 1. The van der Waals surface area contributed by atoms with Crippen LogP contribution in [-0.4, -0.2) is 29.6 Å². The van der Waals surface area contributed by atoms with E-state index in [9.17, 15) is 0 Å². The fourth-order valence-corrected chi connectivity index (χ4v) is 4.56. The standard InChI is InChI=1S/C15H30N2/c1-5-17(13-6-7-13)15(11-16)9-12(2)8-14(3,4)10-15/h12-13H,5-11,16H2,1-4H3. The topological polar surface area (TPSA) is 29.3 Å². The Morgan fingerprint density at radius 2 is 1.88 bits per heavy atom. The second-order valence-electron chi connectivity index (χ2n) is 7.30. The predicted molar refractivity (Wildman–Crippen MR) is 74.0 cm³/mol. The van der Waals surface area contributed by atoms with Crippen LogP contribution < -0.4 is 5.73 Å². The molecule has 2 aliphatic rings. The molecule has 2 N–H and O–H groups in total. The second-order valence-corrected chi connectivity index (χ2v) is 7.30. The Balaban J connectivity index is 2.21. The van der Waals surface area contributed by atoms with E-state index in [0.717, 1.165) is 18.5 Å². The highest BCUT2D eigenvalue weighted by atomic mass is 15.3. The largest absolute Gasteiger partial charge is 0.329 e. The van der Waals surface area contributed by atoms with Crippen molar-refractivity contribution in [2.75, 3.05) is 13.1 Å². The van der Waals surface area contributed by atoms with E-state index >= 15 is 0 Å². The van der Waals surface area contributed by atoms with E-state index in [1.165, 1.54) is 38.6 Å². The summed E-state index contributed by atoms with van der Waals surface area (Å²) in [6, 6.07) is 0.838. The van der Waals surface area contributed by atoms with Crippen molar-refractivity contribution in [1.82, 2.24) is 4.90 Å². The van der Waals surface area contributed by atoms with Crippen molar-refractivity contribution in [2.45, 2.75) is 71.4 Å². The quantitative estimate of drug-likeness (QED) is 0.816. The van der Waals surface area contributed by atoms with Crippen LogP contribution in [0.1, 0.15) is 59.8 Å². The molecule has 100 valence electrons. The molecule has 2 aliphatic carbocycles. The molecule has 2 fully saturated rings. The first-order valence-corrected chi connectivity index (χ1v) is 7.39. The van der Waals surface area contributed by atoms with Crippen LogP contribution in [0, 0.1) is 11.3 Å². The lowest BCUT2D eigenvalue weighted by Crippen LogP contribution is -2.59. The number of hydrogen-bond donors (Lipinski definition) is 1. The zero-order chi connectivity index (χ0) is 12.7. The van der Waals surface area contributed by atoms with Gasteiger partial charge in [0, 0.05) is 18.1 Å². The third-order valence-electron chi connectivity index (χ3n) is 4.75. The maximum Gasteiger partial charge on any atom is 0.0342 e. The molecule has 2 atom stereocenters. The van der Waals surface area contributed by atoms with Crippen LogP contribution in [-0.2, 0) is 0 Å². The molecule has 0 aromatic rings. The summed E-state index contributed by atoms with van der Waals surface area (Å²) in [5, 5.41) is 0. The number of hydrogen-bond acceptors (Lipinski definition) is 2. The molecule has 0 aromatic heterocycles. The van der Waals surface area contributed by atoms with Crippen molar-refractivity contribution in [3.63, 3.8) is 0 Å². The summed E-state index contributed by atoms with van der Waals surface area (Å²) in [6.07, 6.45) is 6.73. The molecule has 0 amide bonds. The van der Waals surface area contributed by atoms with Gasteiger partial charge >= 0.3 is 0 Å². The average molecular weight is 238 g/mol. The minimum atomic E-state index is 0.289. The normalized spacial score (nSPS) is 37.4. The van der Waals surface area contributed by atoms with E-state index in [4.69, 9.17) is 5.73 Å². The van der Waals surface area contributed by atoms with Gasteiger partial charge in [-0.15, -0.1) is 0 Å². The fraction of sp³-hybridized carbons (Fsp3) is 1.00. The van der Waals surface area contributed by atoms with Gasteiger partial charge in [-0.3, -0.25) is 4.90 Å². The number of nitrogens with zero attached hydrogens (tertiary/aromatic N) is 1. The highest BCUT2D eigenvalue weighted by molar-refractivity contribution is 5.04. The van der Waals surface area contributed by atoms with Crippen molar-refractivity contribution in [1.29, 1.82) is 0 Å². The molecule has 0 saturated heterocycles. The van der Waals surface area contributed by atoms with Crippen LogP contribution in [0.5, 0.6) is 0 Å². The van der Waals surface area contributed by atoms with Crippen molar-refractivity contribution in [3.8, 4) is 0 Å². The molecule has 0 aromatic carbocycles. The SMILES string of the molecule is CCN(C1CC1)C1(CN)CC(C)CC(C)(C)C1.